The summed E-state index contributed by atoms with van der Waals surface area (Å²) in [7, 11) is 0. The van der Waals surface area contributed by atoms with Crippen LogP contribution in [0.1, 0.15) is 49.9 Å². The van der Waals surface area contributed by atoms with E-state index in [0.717, 1.165) is 11.4 Å². The Bertz CT molecular complexity index is 3050. The highest BCUT2D eigenvalue weighted by atomic mass is 32.1. The smallest absolute Gasteiger partial charge is 0.0543 e. The average molecular weight is 736 g/mol. The summed E-state index contributed by atoms with van der Waals surface area (Å²) in [5, 5.41) is 2.64. The fourth-order valence-electron chi connectivity index (χ4n) is 9.80. The SMILES string of the molecule is CC1(C)c2ccccc2-c2cc(-c3cccc(N(c4cccc(-c5ccc6sc7ccccc7c6c5)c4)c4cccc5c4-c4ccccc4C5(C)C)c3)ccc21. The molecule has 2 aliphatic carbocycles. The minimum absolute atomic E-state index is 0.0209. The number of nitrogens with zero attached hydrogens (tertiary/aromatic N) is 1. The predicted molar refractivity (Wildman–Crippen MR) is 240 cm³/mol. The van der Waals surface area contributed by atoms with Crippen molar-refractivity contribution in [2.24, 2.45) is 0 Å². The molecule has 0 amide bonds. The topological polar surface area (TPSA) is 3.24 Å². The van der Waals surface area contributed by atoms with Gasteiger partial charge in [-0.1, -0.05) is 149 Å². The first kappa shape index (κ1) is 33.1. The van der Waals surface area contributed by atoms with Gasteiger partial charge in [-0.2, -0.15) is 0 Å². The molecule has 56 heavy (non-hydrogen) atoms. The quantitative estimate of drug-likeness (QED) is 0.170. The molecular formula is C54H41NS. The summed E-state index contributed by atoms with van der Waals surface area (Å²) < 4.78 is 2.65. The third-order valence-electron chi connectivity index (χ3n) is 12.7. The van der Waals surface area contributed by atoms with Crippen LogP contribution in [0.3, 0.4) is 0 Å². The van der Waals surface area contributed by atoms with Gasteiger partial charge in [-0.3, -0.25) is 0 Å². The van der Waals surface area contributed by atoms with Crippen molar-refractivity contribution in [3.63, 3.8) is 0 Å². The molecule has 2 heteroatoms. The summed E-state index contributed by atoms with van der Waals surface area (Å²) in [6.07, 6.45) is 0. The molecule has 0 aliphatic heterocycles. The van der Waals surface area contributed by atoms with Crippen LogP contribution in [-0.4, -0.2) is 0 Å². The van der Waals surface area contributed by atoms with Crippen LogP contribution in [0.2, 0.25) is 0 Å². The van der Waals surface area contributed by atoms with Crippen molar-refractivity contribution in [2.75, 3.05) is 4.90 Å². The van der Waals surface area contributed by atoms with E-state index < -0.39 is 0 Å². The van der Waals surface area contributed by atoms with E-state index in [1.165, 1.54) is 92.6 Å². The maximum absolute atomic E-state index is 2.49. The van der Waals surface area contributed by atoms with E-state index in [9.17, 15) is 0 Å². The zero-order valence-electron chi connectivity index (χ0n) is 32.1. The molecule has 0 saturated carbocycles. The lowest BCUT2D eigenvalue weighted by Crippen LogP contribution is -2.16. The second-order valence-corrected chi connectivity index (χ2v) is 17.6. The molecule has 0 radical (unpaired) electrons. The van der Waals surface area contributed by atoms with Gasteiger partial charge in [0.1, 0.15) is 0 Å². The normalized spacial score (nSPS) is 14.4. The van der Waals surface area contributed by atoms with Gasteiger partial charge in [-0.15, -0.1) is 11.3 Å². The maximum atomic E-state index is 2.49. The van der Waals surface area contributed by atoms with Gasteiger partial charge in [0.05, 0.1) is 5.69 Å². The number of thiophene rings is 1. The molecule has 0 unspecified atom stereocenters. The van der Waals surface area contributed by atoms with Gasteiger partial charge < -0.3 is 4.90 Å². The van der Waals surface area contributed by atoms with Crippen LogP contribution < -0.4 is 4.90 Å². The van der Waals surface area contributed by atoms with Gasteiger partial charge in [0.25, 0.3) is 0 Å². The van der Waals surface area contributed by atoms with Crippen molar-refractivity contribution in [3.05, 3.63) is 198 Å². The number of anilines is 3. The maximum Gasteiger partial charge on any atom is 0.0543 e. The van der Waals surface area contributed by atoms with Crippen molar-refractivity contribution >= 4 is 48.6 Å². The lowest BCUT2D eigenvalue weighted by molar-refractivity contribution is 0.660. The summed E-state index contributed by atoms with van der Waals surface area (Å²) >= 11 is 1.87. The molecule has 11 rings (SSSR count). The van der Waals surface area contributed by atoms with E-state index >= 15 is 0 Å². The van der Waals surface area contributed by atoms with Crippen LogP contribution in [0.25, 0.3) is 64.7 Å². The van der Waals surface area contributed by atoms with E-state index in [-0.39, 0.29) is 10.8 Å². The molecule has 2 aliphatic rings. The van der Waals surface area contributed by atoms with Gasteiger partial charge in [0.15, 0.2) is 0 Å². The monoisotopic (exact) mass is 735 g/mol. The Morgan fingerprint density at radius 1 is 0.375 bits per heavy atom. The highest BCUT2D eigenvalue weighted by molar-refractivity contribution is 7.25. The fraction of sp³-hybridized carbons (Fsp3) is 0.111. The minimum Gasteiger partial charge on any atom is -0.310 e. The number of rotatable bonds is 5. The number of fused-ring (bicyclic) bond motifs is 9. The summed E-state index contributed by atoms with van der Waals surface area (Å²) in [5.41, 5.74) is 19.0. The molecule has 1 heterocycles. The Hall–Kier alpha value is -6.22. The van der Waals surface area contributed by atoms with Gasteiger partial charge in [0, 0.05) is 47.9 Å². The Labute approximate surface area is 333 Å². The second kappa shape index (κ2) is 12.1. The first-order chi connectivity index (χ1) is 27.3. The molecule has 0 N–H and O–H groups in total. The minimum atomic E-state index is -0.107. The molecule has 0 bridgehead atoms. The van der Waals surface area contributed by atoms with Crippen LogP contribution in [0.4, 0.5) is 17.1 Å². The van der Waals surface area contributed by atoms with Crippen molar-refractivity contribution < 1.29 is 0 Å². The van der Waals surface area contributed by atoms with Gasteiger partial charge in [-0.25, -0.2) is 0 Å². The zero-order chi connectivity index (χ0) is 37.8. The van der Waals surface area contributed by atoms with Crippen molar-refractivity contribution in [1.29, 1.82) is 0 Å². The van der Waals surface area contributed by atoms with Crippen molar-refractivity contribution in [2.45, 2.75) is 38.5 Å². The average Bonchev–Trinajstić information content (AvgIpc) is 3.81. The van der Waals surface area contributed by atoms with Crippen LogP contribution in [0.5, 0.6) is 0 Å². The van der Waals surface area contributed by atoms with E-state index in [1.807, 2.05) is 11.3 Å². The highest BCUT2D eigenvalue weighted by Gasteiger charge is 2.38. The third-order valence-corrected chi connectivity index (χ3v) is 13.8. The molecule has 0 spiro atoms. The molecule has 8 aromatic carbocycles. The Morgan fingerprint density at radius 3 is 1.68 bits per heavy atom. The standard InChI is InChI=1S/C54H41NS/c1-53(2)45-21-8-5-18-40(45)43-32-36(26-28-47(43)53)34-14-11-16-38(30-34)55(49-24-13-23-48-52(49)42-20-6-9-22-46(42)54(48,3)4)39-17-12-15-35(31-39)37-27-29-51-44(33-37)41-19-7-10-25-50(41)56-51/h5-33H,1-4H3. The summed E-state index contributed by atoms with van der Waals surface area (Å²) in [6.45, 7) is 9.43. The summed E-state index contributed by atoms with van der Waals surface area (Å²) in [4.78, 5) is 2.49. The van der Waals surface area contributed by atoms with Crippen LogP contribution in [0.15, 0.2) is 176 Å². The molecule has 268 valence electrons. The largest absolute Gasteiger partial charge is 0.310 e. The Morgan fingerprint density at radius 2 is 0.911 bits per heavy atom. The summed E-state index contributed by atoms with van der Waals surface area (Å²) in [5.74, 6) is 0. The van der Waals surface area contributed by atoms with Crippen molar-refractivity contribution in [3.8, 4) is 44.5 Å². The first-order valence-electron chi connectivity index (χ1n) is 19.7. The number of hydrogen-bond donors (Lipinski definition) is 0. The van der Waals surface area contributed by atoms with Crippen LogP contribution in [-0.2, 0) is 10.8 Å². The number of hydrogen-bond acceptors (Lipinski definition) is 2. The fourth-order valence-corrected chi connectivity index (χ4v) is 10.9. The molecule has 0 fully saturated rings. The molecule has 0 saturated heterocycles. The molecule has 9 aromatic rings. The van der Waals surface area contributed by atoms with Gasteiger partial charge in [0.2, 0.25) is 0 Å². The van der Waals surface area contributed by atoms with E-state index in [0.29, 0.717) is 0 Å². The molecule has 1 aromatic heterocycles. The molecule has 0 atom stereocenters. The van der Waals surface area contributed by atoms with Gasteiger partial charge in [-0.05, 0) is 116 Å². The van der Waals surface area contributed by atoms with Crippen LogP contribution >= 0.6 is 11.3 Å². The first-order valence-corrected chi connectivity index (χ1v) is 20.5. The lowest BCUT2D eigenvalue weighted by atomic mass is 9.82. The number of benzene rings is 8. The highest BCUT2D eigenvalue weighted by Crippen LogP contribution is 2.55. The lowest BCUT2D eigenvalue weighted by Gasteiger charge is -2.29. The van der Waals surface area contributed by atoms with E-state index in [2.05, 4.69) is 209 Å². The summed E-state index contributed by atoms with van der Waals surface area (Å²) in [6, 6.07) is 65.9. The van der Waals surface area contributed by atoms with E-state index in [4.69, 9.17) is 0 Å². The Balaban J connectivity index is 1.10. The molecule has 1 nitrogen and oxygen atoms in total. The molecular weight excluding hydrogens is 695 g/mol. The zero-order valence-corrected chi connectivity index (χ0v) is 32.9. The third kappa shape index (κ3) is 4.85. The van der Waals surface area contributed by atoms with Gasteiger partial charge >= 0.3 is 0 Å². The Kier molecular flexibility index (Phi) is 7.18. The second-order valence-electron chi connectivity index (χ2n) is 16.5. The van der Waals surface area contributed by atoms with E-state index in [1.54, 1.807) is 0 Å². The van der Waals surface area contributed by atoms with Crippen LogP contribution in [0, 0.1) is 0 Å². The van der Waals surface area contributed by atoms with Crippen molar-refractivity contribution in [1.82, 2.24) is 0 Å². The predicted octanol–water partition coefficient (Wildman–Crippen LogP) is 15.5.